The van der Waals surface area contributed by atoms with Crippen molar-refractivity contribution in [2.45, 2.75) is 19.4 Å². The van der Waals surface area contributed by atoms with E-state index in [1.54, 1.807) is 0 Å². The molecule has 1 rings (SSSR count). The summed E-state index contributed by atoms with van der Waals surface area (Å²) in [5, 5.41) is 3.61. The maximum Gasteiger partial charge on any atom is 0.136 e. The summed E-state index contributed by atoms with van der Waals surface area (Å²) in [6.45, 7) is 7.18. The van der Waals surface area contributed by atoms with Crippen LogP contribution in [-0.2, 0) is 4.84 Å². The summed E-state index contributed by atoms with van der Waals surface area (Å²) < 4.78 is 0. The molecular weight excluding hydrogens is 90.1 g/mol. The smallest absolute Gasteiger partial charge is 0.136 e. The zero-order chi connectivity index (χ0) is 5.28. The molecular formula is C5H7NO. The summed E-state index contributed by atoms with van der Waals surface area (Å²) in [5.41, 5.74) is 0.979. The SMILES string of the molecule is [CH]C1CC(C)=NO1. The monoisotopic (exact) mass is 97.1 g/mol. The van der Waals surface area contributed by atoms with Crippen molar-refractivity contribution in [2.75, 3.05) is 0 Å². The summed E-state index contributed by atoms with van der Waals surface area (Å²) in [6.07, 6.45) is 0.597. The van der Waals surface area contributed by atoms with Gasteiger partial charge in [-0.3, -0.25) is 0 Å². The molecule has 2 nitrogen and oxygen atoms in total. The van der Waals surface area contributed by atoms with Crippen molar-refractivity contribution >= 4 is 5.71 Å². The minimum absolute atomic E-state index is 0.181. The summed E-state index contributed by atoms with van der Waals surface area (Å²) in [6, 6.07) is 0. The third-order valence-electron chi connectivity index (χ3n) is 0.841. The predicted molar refractivity (Wildman–Crippen MR) is 26.9 cm³/mol. The van der Waals surface area contributed by atoms with Crippen LogP contribution in [0.4, 0.5) is 0 Å². The van der Waals surface area contributed by atoms with Gasteiger partial charge in [0.05, 0.1) is 5.71 Å². The van der Waals surface area contributed by atoms with Crippen LogP contribution in [-0.4, -0.2) is 11.8 Å². The maximum atomic E-state index is 5.29. The molecule has 38 valence electrons. The molecule has 2 heteroatoms. The molecule has 1 aliphatic rings. The van der Waals surface area contributed by atoms with Crippen LogP contribution in [0.1, 0.15) is 13.3 Å². The predicted octanol–water partition coefficient (Wildman–Crippen LogP) is 0.862. The molecule has 2 radical (unpaired) electrons. The Balaban J connectivity index is 2.42. The zero-order valence-corrected chi connectivity index (χ0v) is 4.22. The lowest BCUT2D eigenvalue weighted by Crippen LogP contribution is -1.98. The molecule has 0 aliphatic carbocycles. The van der Waals surface area contributed by atoms with Gasteiger partial charge >= 0.3 is 0 Å². The van der Waals surface area contributed by atoms with Gasteiger partial charge in [-0.1, -0.05) is 5.16 Å². The van der Waals surface area contributed by atoms with E-state index < -0.39 is 0 Å². The van der Waals surface area contributed by atoms with Crippen molar-refractivity contribution in [1.29, 1.82) is 0 Å². The van der Waals surface area contributed by atoms with E-state index >= 15 is 0 Å². The fraction of sp³-hybridized carbons (Fsp3) is 0.600. The highest BCUT2D eigenvalue weighted by molar-refractivity contribution is 5.82. The highest BCUT2D eigenvalue weighted by atomic mass is 16.6. The van der Waals surface area contributed by atoms with Crippen molar-refractivity contribution in [3.63, 3.8) is 0 Å². The molecule has 0 aromatic heterocycles. The molecule has 0 fully saturated rings. The van der Waals surface area contributed by atoms with Crippen molar-refractivity contribution in [3.8, 4) is 0 Å². The molecule has 0 spiro atoms. The topological polar surface area (TPSA) is 21.6 Å². The van der Waals surface area contributed by atoms with Gasteiger partial charge in [0.1, 0.15) is 6.10 Å². The number of rotatable bonds is 0. The van der Waals surface area contributed by atoms with E-state index in [2.05, 4.69) is 9.99 Å². The van der Waals surface area contributed by atoms with Crippen molar-refractivity contribution in [2.24, 2.45) is 5.16 Å². The van der Waals surface area contributed by atoms with Crippen LogP contribution in [0.25, 0.3) is 0 Å². The largest absolute Gasteiger partial charge is 0.392 e. The van der Waals surface area contributed by atoms with Gasteiger partial charge in [-0.25, -0.2) is 0 Å². The van der Waals surface area contributed by atoms with Gasteiger partial charge in [-0.2, -0.15) is 0 Å². The fourth-order valence-corrected chi connectivity index (χ4v) is 0.523. The number of hydrogen-bond donors (Lipinski definition) is 0. The van der Waals surface area contributed by atoms with Crippen molar-refractivity contribution in [3.05, 3.63) is 6.92 Å². The molecule has 1 aliphatic heterocycles. The van der Waals surface area contributed by atoms with Crippen LogP contribution in [0, 0.1) is 6.92 Å². The third-order valence-corrected chi connectivity index (χ3v) is 0.841. The first-order chi connectivity index (χ1) is 3.29. The Bertz CT molecular complexity index is 98.3. The number of hydrogen-bond acceptors (Lipinski definition) is 2. The van der Waals surface area contributed by atoms with Gasteiger partial charge in [-0.05, 0) is 6.92 Å². The minimum atomic E-state index is -0.181. The van der Waals surface area contributed by atoms with Gasteiger partial charge in [0.25, 0.3) is 0 Å². The van der Waals surface area contributed by atoms with E-state index in [0.29, 0.717) is 0 Å². The first-order valence-corrected chi connectivity index (χ1v) is 2.24. The van der Waals surface area contributed by atoms with Crippen LogP contribution in [0.2, 0.25) is 0 Å². The summed E-state index contributed by atoms with van der Waals surface area (Å²) in [7, 11) is 0. The van der Waals surface area contributed by atoms with E-state index in [-0.39, 0.29) is 6.10 Å². The summed E-state index contributed by atoms with van der Waals surface area (Å²) in [5.74, 6) is 0. The molecule has 0 N–H and O–H groups in total. The van der Waals surface area contributed by atoms with Crippen molar-refractivity contribution in [1.82, 2.24) is 0 Å². The first kappa shape index (κ1) is 4.62. The second-order valence-corrected chi connectivity index (χ2v) is 1.67. The van der Waals surface area contributed by atoms with Gasteiger partial charge in [0.2, 0.25) is 0 Å². The normalized spacial score (nSPS) is 29.4. The van der Waals surface area contributed by atoms with E-state index in [0.717, 1.165) is 12.1 Å². The molecule has 1 unspecified atom stereocenters. The van der Waals surface area contributed by atoms with Crippen LogP contribution in [0.3, 0.4) is 0 Å². The second kappa shape index (κ2) is 1.52. The minimum Gasteiger partial charge on any atom is -0.392 e. The highest BCUT2D eigenvalue weighted by Crippen LogP contribution is 2.06. The first-order valence-electron chi connectivity index (χ1n) is 2.24. The van der Waals surface area contributed by atoms with Gasteiger partial charge in [-0.15, -0.1) is 0 Å². The Kier molecular flexibility index (Phi) is 1.01. The molecule has 1 atom stereocenters. The van der Waals surface area contributed by atoms with E-state index in [4.69, 9.17) is 6.92 Å². The molecule has 0 amide bonds. The van der Waals surface area contributed by atoms with E-state index in [1.165, 1.54) is 0 Å². The second-order valence-electron chi connectivity index (χ2n) is 1.67. The highest BCUT2D eigenvalue weighted by Gasteiger charge is 2.10. The van der Waals surface area contributed by atoms with Gasteiger partial charge in [0.15, 0.2) is 0 Å². The van der Waals surface area contributed by atoms with Crippen molar-refractivity contribution < 1.29 is 4.84 Å². The van der Waals surface area contributed by atoms with Gasteiger partial charge < -0.3 is 4.84 Å². The summed E-state index contributed by atoms with van der Waals surface area (Å²) in [4.78, 5) is 4.63. The Morgan fingerprint density at radius 1 is 2.00 bits per heavy atom. The lowest BCUT2D eigenvalue weighted by atomic mass is 10.2. The molecule has 0 aromatic rings. The van der Waals surface area contributed by atoms with Crippen LogP contribution in [0.5, 0.6) is 0 Å². The molecule has 7 heavy (non-hydrogen) atoms. The third kappa shape index (κ3) is 0.918. The molecule has 0 saturated heterocycles. The number of nitrogens with zero attached hydrogens (tertiary/aromatic N) is 1. The standard InChI is InChI=1S/C5H7NO/c1-4-3-5(2)7-6-4/h2,5H,3H2,1H3. The lowest BCUT2D eigenvalue weighted by Gasteiger charge is -1.93. The average molecular weight is 97.1 g/mol. The van der Waals surface area contributed by atoms with Gasteiger partial charge in [0, 0.05) is 13.3 Å². The Morgan fingerprint density at radius 2 is 2.71 bits per heavy atom. The zero-order valence-electron chi connectivity index (χ0n) is 4.22. The number of oxime groups is 1. The Morgan fingerprint density at radius 3 is 2.86 bits per heavy atom. The summed E-state index contributed by atoms with van der Waals surface area (Å²) >= 11 is 0. The van der Waals surface area contributed by atoms with Crippen LogP contribution in [0.15, 0.2) is 5.16 Å². The maximum absolute atomic E-state index is 5.29. The van der Waals surface area contributed by atoms with E-state index in [9.17, 15) is 0 Å². The molecule has 0 saturated carbocycles. The Labute approximate surface area is 43.2 Å². The average Bonchev–Trinajstić information content (AvgIpc) is 1.87. The lowest BCUT2D eigenvalue weighted by molar-refractivity contribution is 0.118. The fourth-order valence-electron chi connectivity index (χ4n) is 0.523. The van der Waals surface area contributed by atoms with Crippen LogP contribution < -0.4 is 0 Å². The molecule has 1 heterocycles. The Hall–Kier alpha value is -0.530. The quantitative estimate of drug-likeness (QED) is 0.439. The van der Waals surface area contributed by atoms with Crippen LogP contribution >= 0.6 is 0 Å². The van der Waals surface area contributed by atoms with E-state index in [1.807, 2.05) is 6.92 Å². The molecule has 0 bridgehead atoms. The molecule has 0 aromatic carbocycles.